The number of aromatic hydroxyl groups is 1. The molecular weight excluding hydrogens is 242 g/mol. The lowest BCUT2D eigenvalue weighted by molar-refractivity contribution is 0.317. The summed E-state index contributed by atoms with van der Waals surface area (Å²) in [6.45, 7) is 4.02. The van der Waals surface area contributed by atoms with Crippen LogP contribution < -0.4 is 10.1 Å². The smallest absolute Gasteiger partial charge is 0.161 e. The molecule has 1 aromatic carbocycles. The molecule has 5 heteroatoms. The third kappa shape index (κ3) is 3.99. The second-order valence-corrected chi connectivity index (χ2v) is 4.20. The van der Waals surface area contributed by atoms with Gasteiger partial charge in [0.1, 0.15) is 5.82 Å². The number of aromatic nitrogens is 2. The SMILES string of the molecule is CCOc1cc(CNCCc2ncc[nH]2)ccc1O. The Hall–Kier alpha value is -2.01. The van der Waals surface area contributed by atoms with Gasteiger partial charge in [-0.2, -0.15) is 0 Å². The van der Waals surface area contributed by atoms with Crippen LogP contribution in [0.2, 0.25) is 0 Å². The van der Waals surface area contributed by atoms with Gasteiger partial charge in [-0.25, -0.2) is 4.98 Å². The minimum Gasteiger partial charge on any atom is -0.504 e. The molecule has 0 saturated carbocycles. The van der Waals surface area contributed by atoms with Gasteiger partial charge in [0.15, 0.2) is 11.5 Å². The summed E-state index contributed by atoms with van der Waals surface area (Å²) in [5.41, 5.74) is 1.08. The molecule has 0 fully saturated rings. The van der Waals surface area contributed by atoms with Crippen molar-refractivity contribution in [3.8, 4) is 11.5 Å². The second-order valence-electron chi connectivity index (χ2n) is 4.20. The number of nitrogens with one attached hydrogen (secondary N) is 2. The average molecular weight is 261 g/mol. The van der Waals surface area contributed by atoms with Gasteiger partial charge in [-0.1, -0.05) is 6.07 Å². The van der Waals surface area contributed by atoms with E-state index in [0.29, 0.717) is 12.4 Å². The molecule has 1 heterocycles. The fraction of sp³-hybridized carbons (Fsp3) is 0.357. The number of hydrogen-bond acceptors (Lipinski definition) is 4. The van der Waals surface area contributed by atoms with Crippen molar-refractivity contribution in [3.05, 3.63) is 42.0 Å². The third-order valence-corrected chi connectivity index (χ3v) is 2.75. The van der Waals surface area contributed by atoms with Crippen LogP contribution >= 0.6 is 0 Å². The normalized spacial score (nSPS) is 10.6. The number of benzene rings is 1. The number of H-pyrrole nitrogens is 1. The van der Waals surface area contributed by atoms with Crippen LogP contribution in [0.25, 0.3) is 0 Å². The minimum atomic E-state index is 0.182. The summed E-state index contributed by atoms with van der Waals surface area (Å²) >= 11 is 0. The molecular formula is C14H19N3O2. The van der Waals surface area contributed by atoms with Crippen LogP contribution in [0.15, 0.2) is 30.6 Å². The maximum atomic E-state index is 9.60. The molecule has 3 N–H and O–H groups in total. The number of imidazole rings is 1. The van der Waals surface area contributed by atoms with Gasteiger partial charge in [0.05, 0.1) is 6.61 Å². The average Bonchev–Trinajstić information content (AvgIpc) is 2.92. The zero-order chi connectivity index (χ0) is 13.5. The first-order chi connectivity index (χ1) is 9.29. The van der Waals surface area contributed by atoms with E-state index in [4.69, 9.17) is 4.74 Å². The Morgan fingerprint density at radius 1 is 1.42 bits per heavy atom. The molecule has 0 spiro atoms. The molecule has 0 atom stereocenters. The zero-order valence-corrected chi connectivity index (χ0v) is 11.0. The number of phenols is 1. The molecule has 1 aromatic heterocycles. The third-order valence-electron chi connectivity index (χ3n) is 2.75. The Balaban J connectivity index is 1.80. The topological polar surface area (TPSA) is 70.2 Å². The van der Waals surface area contributed by atoms with Gasteiger partial charge >= 0.3 is 0 Å². The molecule has 5 nitrogen and oxygen atoms in total. The fourth-order valence-electron chi connectivity index (χ4n) is 1.81. The Morgan fingerprint density at radius 3 is 3.05 bits per heavy atom. The summed E-state index contributed by atoms with van der Waals surface area (Å²) in [5.74, 6) is 1.70. The van der Waals surface area contributed by atoms with Crippen LogP contribution in [-0.2, 0) is 13.0 Å². The van der Waals surface area contributed by atoms with Gasteiger partial charge in [-0.3, -0.25) is 0 Å². The van der Waals surface area contributed by atoms with Crippen LogP contribution in [-0.4, -0.2) is 28.2 Å². The fourth-order valence-corrected chi connectivity index (χ4v) is 1.81. The van der Waals surface area contributed by atoms with E-state index in [1.807, 2.05) is 25.3 Å². The quantitative estimate of drug-likeness (QED) is 0.665. The lowest BCUT2D eigenvalue weighted by atomic mass is 10.2. The molecule has 0 aliphatic rings. The summed E-state index contributed by atoms with van der Waals surface area (Å²) in [6.07, 6.45) is 4.44. The highest BCUT2D eigenvalue weighted by molar-refractivity contribution is 5.41. The molecule has 2 aromatic rings. The molecule has 0 amide bonds. The number of phenolic OH excluding ortho intramolecular Hbond substituents is 1. The number of ether oxygens (including phenoxy) is 1. The molecule has 0 aliphatic carbocycles. The highest BCUT2D eigenvalue weighted by atomic mass is 16.5. The van der Waals surface area contributed by atoms with E-state index in [2.05, 4.69) is 15.3 Å². The van der Waals surface area contributed by atoms with Crippen LogP contribution in [0, 0.1) is 0 Å². The van der Waals surface area contributed by atoms with Crippen LogP contribution in [0.3, 0.4) is 0 Å². The van der Waals surface area contributed by atoms with Crippen molar-refractivity contribution in [2.75, 3.05) is 13.2 Å². The number of nitrogens with zero attached hydrogens (tertiary/aromatic N) is 1. The Kier molecular flexibility index (Phi) is 4.80. The Labute approximate surface area is 112 Å². The Bertz CT molecular complexity index is 497. The van der Waals surface area contributed by atoms with E-state index in [9.17, 15) is 5.11 Å². The van der Waals surface area contributed by atoms with Crippen molar-refractivity contribution < 1.29 is 9.84 Å². The lowest BCUT2D eigenvalue weighted by Crippen LogP contribution is -2.17. The lowest BCUT2D eigenvalue weighted by Gasteiger charge is -2.09. The van der Waals surface area contributed by atoms with Gasteiger partial charge in [0.25, 0.3) is 0 Å². The van der Waals surface area contributed by atoms with Gasteiger partial charge in [0.2, 0.25) is 0 Å². The number of aromatic amines is 1. The highest BCUT2D eigenvalue weighted by Gasteiger charge is 2.03. The monoisotopic (exact) mass is 261 g/mol. The predicted molar refractivity (Wildman–Crippen MR) is 73.3 cm³/mol. The molecule has 0 bridgehead atoms. The first kappa shape index (κ1) is 13.4. The molecule has 19 heavy (non-hydrogen) atoms. The molecule has 0 aliphatic heterocycles. The van der Waals surface area contributed by atoms with Crippen molar-refractivity contribution in [1.29, 1.82) is 0 Å². The molecule has 0 unspecified atom stereocenters. The van der Waals surface area contributed by atoms with Gasteiger partial charge < -0.3 is 20.1 Å². The number of hydrogen-bond donors (Lipinski definition) is 3. The van der Waals surface area contributed by atoms with Crippen molar-refractivity contribution in [3.63, 3.8) is 0 Å². The minimum absolute atomic E-state index is 0.182. The van der Waals surface area contributed by atoms with Crippen molar-refractivity contribution in [1.82, 2.24) is 15.3 Å². The zero-order valence-electron chi connectivity index (χ0n) is 11.0. The van der Waals surface area contributed by atoms with Crippen LogP contribution in [0.5, 0.6) is 11.5 Å². The van der Waals surface area contributed by atoms with Crippen molar-refractivity contribution in [2.24, 2.45) is 0 Å². The molecule has 0 radical (unpaired) electrons. The first-order valence-corrected chi connectivity index (χ1v) is 6.43. The maximum Gasteiger partial charge on any atom is 0.161 e. The summed E-state index contributed by atoms with van der Waals surface area (Å²) in [5, 5.41) is 12.9. The first-order valence-electron chi connectivity index (χ1n) is 6.43. The van der Waals surface area contributed by atoms with Gasteiger partial charge in [-0.05, 0) is 24.6 Å². The van der Waals surface area contributed by atoms with E-state index in [-0.39, 0.29) is 5.75 Å². The summed E-state index contributed by atoms with van der Waals surface area (Å²) in [7, 11) is 0. The van der Waals surface area contributed by atoms with Gasteiger partial charge in [0, 0.05) is 31.9 Å². The van der Waals surface area contributed by atoms with Crippen LogP contribution in [0.4, 0.5) is 0 Å². The molecule has 2 rings (SSSR count). The van der Waals surface area contributed by atoms with Crippen molar-refractivity contribution >= 4 is 0 Å². The highest BCUT2D eigenvalue weighted by Crippen LogP contribution is 2.26. The summed E-state index contributed by atoms with van der Waals surface area (Å²) in [4.78, 5) is 7.23. The van der Waals surface area contributed by atoms with E-state index in [1.165, 1.54) is 0 Å². The predicted octanol–water partition coefficient (Wildman–Crippen LogP) is 1.85. The molecule has 0 saturated heterocycles. The second kappa shape index (κ2) is 6.80. The summed E-state index contributed by atoms with van der Waals surface area (Å²) in [6, 6.07) is 5.41. The van der Waals surface area contributed by atoms with Crippen molar-refractivity contribution in [2.45, 2.75) is 19.9 Å². The number of rotatable bonds is 7. The molecule has 102 valence electrons. The standard InChI is InChI=1S/C14H19N3O2/c1-2-19-13-9-11(3-4-12(13)18)10-15-6-5-14-16-7-8-17-14/h3-4,7-9,15,18H,2,5-6,10H2,1H3,(H,16,17). The van der Waals surface area contributed by atoms with E-state index >= 15 is 0 Å². The largest absolute Gasteiger partial charge is 0.504 e. The summed E-state index contributed by atoms with van der Waals surface area (Å²) < 4.78 is 5.35. The van der Waals surface area contributed by atoms with Crippen LogP contribution in [0.1, 0.15) is 18.3 Å². The Morgan fingerprint density at radius 2 is 2.32 bits per heavy atom. The van der Waals surface area contributed by atoms with Gasteiger partial charge in [-0.15, -0.1) is 0 Å². The maximum absolute atomic E-state index is 9.60. The van der Waals surface area contributed by atoms with E-state index < -0.39 is 0 Å². The van der Waals surface area contributed by atoms with E-state index in [0.717, 1.165) is 30.9 Å². The van der Waals surface area contributed by atoms with E-state index in [1.54, 1.807) is 12.3 Å².